The molecule has 0 amide bonds. The zero-order chi connectivity index (χ0) is 8.65. The Bertz CT molecular complexity index is 194. The van der Waals surface area contributed by atoms with Crippen LogP contribution in [0.1, 0.15) is 38.2 Å². The Hall–Kier alpha value is -0.0657. The molecule has 0 fully saturated rings. The smallest absolute Gasteiger partial charge is 0 e. The van der Waals surface area contributed by atoms with Crippen molar-refractivity contribution in [1.29, 1.82) is 0 Å². The van der Waals surface area contributed by atoms with E-state index in [1.165, 1.54) is 37.7 Å². The second-order valence-electron chi connectivity index (χ2n) is 3.22. The van der Waals surface area contributed by atoms with Gasteiger partial charge in [-0.1, -0.05) is 39.0 Å². The van der Waals surface area contributed by atoms with E-state index in [4.69, 9.17) is 0 Å². The molecule has 0 aliphatic heterocycles. The summed E-state index contributed by atoms with van der Waals surface area (Å²) < 4.78 is 0. The maximum absolute atomic E-state index is 3.03. The van der Waals surface area contributed by atoms with Crippen LogP contribution in [-0.4, -0.2) is 0 Å². The van der Waals surface area contributed by atoms with Crippen molar-refractivity contribution in [2.45, 2.75) is 39.0 Å². The van der Waals surface area contributed by atoms with Crippen molar-refractivity contribution in [2.24, 2.45) is 0 Å². The molecule has 1 rings (SSSR count). The zero-order valence-electron chi connectivity index (χ0n) is 8.34. The van der Waals surface area contributed by atoms with E-state index >= 15 is 0 Å². The van der Waals surface area contributed by atoms with Crippen LogP contribution in [0.4, 0.5) is 0 Å². The number of benzene rings is 1. The van der Waals surface area contributed by atoms with E-state index in [1.54, 1.807) is 0 Å². The van der Waals surface area contributed by atoms with Crippen molar-refractivity contribution in [2.75, 3.05) is 0 Å². The molecule has 0 unspecified atom stereocenters. The Kier molecular flexibility index (Phi) is 8.49. The van der Waals surface area contributed by atoms with Crippen LogP contribution in [0.15, 0.2) is 24.3 Å². The molecule has 1 aromatic carbocycles. The zero-order valence-corrected chi connectivity index (χ0v) is 9.91. The van der Waals surface area contributed by atoms with E-state index in [-0.39, 0.29) is 21.7 Å². The number of hydrogen-bond donors (Lipinski definition) is 0. The van der Waals surface area contributed by atoms with Crippen LogP contribution in [0.2, 0.25) is 0 Å². The number of hydrogen-bond acceptors (Lipinski definition) is 0. The third-order valence-electron chi connectivity index (χ3n) is 2.11. The minimum Gasteiger partial charge on any atom is -0.184 e. The van der Waals surface area contributed by atoms with Gasteiger partial charge in [-0.3, -0.25) is 0 Å². The SMILES string of the molecule is CCCCCCc1cc[c-]cc1.[Ti]. The number of unbranched alkanes of at least 4 members (excludes halogenated alkanes) is 3. The van der Waals surface area contributed by atoms with Crippen molar-refractivity contribution in [3.05, 3.63) is 35.9 Å². The second kappa shape index (κ2) is 8.53. The van der Waals surface area contributed by atoms with Gasteiger partial charge in [-0.2, -0.15) is 35.9 Å². The standard InChI is InChI=1S/C12H17.Ti/c1-2-3-4-6-9-12-10-7-5-8-11-12;/h7-8,10-11H,2-4,6,9H2,1H3;/q-1;. The van der Waals surface area contributed by atoms with Crippen molar-refractivity contribution >= 4 is 0 Å². The third-order valence-corrected chi connectivity index (χ3v) is 2.11. The van der Waals surface area contributed by atoms with E-state index < -0.39 is 0 Å². The van der Waals surface area contributed by atoms with Crippen LogP contribution in [-0.2, 0) is 28.1 Å². The summed E-state index contributed by atoms with van der Waals surface area (Å²) in [5, 5.41) is 0. The van der Waals surface area contributed by atoms with Gasteiger partial charge in [0.05, 0.1) is 0 Å². The summed E-state index contributed by atoms with van der Waals surface area (Å²) in [5.41, 5.74) is 1.45. The number of rotatable bonds is 5. The van der Waals surface area contributed by atoms with Crippen LogP contribution in [0, 0.1) is 6.07 Å². The predicted octanol–water partition coefficient (Wildman–Crippen LogP) is 3.61. The Labute approximate surface area is 96.6 Å². The fraction of sp³-hybridized carbons (Fsp3) is 0.500. The van der Waals surface area contributed by atoms with Crippen molar-refractivity contribution < 1.29 is 21.7 Å². The van der Waals surface area contributed by atoms with Gasteiger partial charge in [0.25, 0.3) is 0 Å². The van der Waals surface area contributed by atoms with Gasteiger partial charge in [-0.05, 0) is 0 Å². The Morgan fingerprint density at radius 1 is 1.08 bits per heavy atom. The van der Waals surface area contributed by atoms with E-state index in [0.29, 0.717) is 0 Å². The van der Waals surface area contributed by atoms with Gasteiger partial charge >= 0.3 is 0 Å². The predicted molar refractivity (Wildman–Crippen MR) is 53.1 cm³/mol. The quantitative estimate of drug-likeness (QED) is 0.394. The fourth-order valence-electron chi connectivity index (χ4n) is 1.34. The van der Waals surface area contributed by atoms with Crippen LogP contribution >= 0.6 is 0 Å². The van der Waals surface area contributed by atoms with E-state index in [1.807, 2.05) is 12.1 Å². The average Bonchev–Trinajstić information content (AvgIpc) is 2.14. The molecule has 0 nitrogen and oxygen atoms in total. The Morgan fingerprint density at radius 3 is 2.38 bits per heavy atom. The third kappa shape index (κ3) is 6.07. The molecule has 0 spiro atoms. The summed E-state index contributed by atoms with van der Waals surface area (Å²) in [4.78, 5) is 0. The molecule has 0 aliphatic rings. The summed E-state index contributed by atoms with van der Waals surface area (Å²) in [6.07, 6.45) is 6.63. The minimum atomic E-state index is 0. The topological polar surface area (TPSA) is 0 Å². The van der Waals surface area contributed by atoms with Gasteiger partial charge in [0, 0.05) is 21.7 Å². The van der Waals surface area contributed by atoms with Crippen LogP contribution in [0.5, 0.6) is 0 Å². The Morgan fingerprint density at radius 2 is 1.77 bits per heavy atom. The van der Waals surface area contributed by atoms with Crippen molar-refractivity contribution in [1.82, 2.24) is 0 Å². The summed E-state index contributed by atoms with van der Waals surface area (Å²) >= 11 is 0. The Balaban J connectivity index is 0.00000144. The average molecular weight is 209 g/mol. The summed E-state index contributed by atoms with van der Waals surface area (Å²) in [6.45, 7) is 2.25. The minimum absolute atomic E-state index is 0. The van der Waals surface area contributed by atoms with Gasteiger partial charge in [-0.15, -0.1) is 0 Å². The molecular formula is C12H17Ti-. The first-order chi connectivity index (χ1) is 5.93. The summed E-state index contributed by atoms with van der Waals surface area (Å²) in [5.74, 6) is 0. The molecule has 0 aromatic heterocycles. The van der Waals surface area contributed by atoms with Crippen molar-refractivity contribution in [3.63, 3.8) is 0 Å². The van der Waals surface area contributed by atoms with Gasteiger partial charge in [-0.25, -0.2) is 0 Å². The molecule has 0 bridgehead atoms. The maximum atomic E-state index is 3.03. The summed E-state index contributed by atoms with van der Waals surface area (Å²) in [7, 11) is 0. The van der Waals surface area contributed by atoms with Gasteiger partial charge in [0.1, 0.15) is 0 Å². The van der Waals surface area contributed by atoms with Crippen molar-refractivity contribution in [3.8, 4) is 0 Å². The normalized spacial score (nSPS) is 9.31. The molecule has 0 heterocycles. The molecule has 13 heavy (non-hydrogen) atoms. The van der Waals surface area contributed by atoms with Crippen LogP contribution < -0.4 is 0 Å². The molecule has 0 saturated carbocycles. The maximum Gasteiger partial charge on any atom is 0 e. The van der Waals surface area contributed by atoms with Gasteiger partial charge in [0.2, 0.25) is 0 Å². The van der Waals surface area contributed by atoms with E-state index in [0.717, 1.165) is 0 Å². The first-order valence-corrected chi connectivity index (χ1v) is 4.88. The van der Waals surface area contributed by atoms with Gasteiger partial charge < -0.3 is 0 Å². The molecule has 1 heteroatoms. The largest absolute Gasteiger partial charge is 0.184 e. The first-order valence-electron chi connectivity index (χ1n) is 4.88. The van der Waals surface area contributed by atoms with E-state index in [2.05, 4.69) is 25.1 Å². The second-order valence-corrected chi connectivity index (χ2v) is 3.22. The molecule has 1 aromatic rings. The molecule has 0 atom stereocenters. The monoisotopic (exact) mass is 209 g/mol. The fourth-order valence-corrected chi connectivity index (χ4v) is 1.34. The van der Waals surface area contributed by atoms with E-state index in [9.17, 15) is 0 Å². The molecule has 0 saturated heterocycles. The molecular weight excluding hydrogens is 192 g/mol. The molecule has 70 valence electrons. The van der Waals surface area contributed by atoms with Crippen LogP contribution in [0.3, 0.4) is 0 Å². The number of aryl methyl sites for hydroxylation is 1. The summed E-state index contributed by atoms with van der Waals surface area (Å²) in [6, 6.07) is 11.3. The van der Waals surface area contributed by atoms with Gasteiger partial charge in [0.15, 0.2) is 0 Å². The first kappa shape index (κ1) is 12.9. The molecule has 0 radical (unpaired) electrons. The molecule has 0 N–H and O–H groups in total. The van der Waals surface area contributed by atoms with Crippen LogP contribution in [0.25, 0.3) is 0 Å². The molecule has 0 aliphatic carbocycles.